The number of anilines is 1. The lowest BCUT2D eigenvalue weighted by Gasteiger charge is -2.21. The second-order valence-electron chi connectivity index (χ2n) is 3.99. The first-order valence-electron chi connectivity index (χ1n) is 5.50. The summed E-state index contributed by atoms with van der Waals surface area (Å²) in [6.07, 6.45) is 2.41. The Kier molecular flexibility index (Phi) is 2.99. The van der Waals surface area contributed by atoms with Gasteiger partial charge in [-0.15, -0.1) is 0 Å². The molecule has 86 valence electrons. The van der Waals surface area contributed by atoms with Gasteiger partial charge in [-0.1, -0.05) is 0 Å². The van der Waals surface area contributed by atoms with E-state index in [1.54, 1.807) is 7.11 Å². The topological polar surface area (TPSA) is 62.3 Å². The standard InChI is InChI=1S/C12H17N3O/c1-16-9-4-5-10(12(13)14)11(8-9)15-6-2-3-7-15/h4-5,8H,2-3,6-7H2,1H3,(H3,13,14). The molecule has 0 atom stereocenters. The molecule has 0 spiro atoms. The lowest BCUT2D eigenvalue weighted by atomic mass is 10.1. The monoisotopic (exact) mass is 219 g/mol. The van der Waals surface area contributed by atoms with Crippen LogP contribution in [0, 0.1) is 5.41 Å². The van der Waals surface area contributed by atoms with Crippen LogP contribution in [-0.2, 0) is 0 Å². The molecule has 1 aliphatic heterocycles. The fourth-order valence-electron chi connectivity index (χ4n) is 2.09. The first-order chi connectivity index (χ1) is 7.72. The molecular formula is C12H17N3O. The third-order valence-electron chi connectivity index (χ3n) is 2.94. The van der Waals surface area contributed by atoms with Crippen molar-refractivity contribution in [3.05, 3.63) is 23.8 Å². The number of hydrogen-bond donors (Lipinski definition) is 2. The molecule has 1 fully saturated rings. The van der Waals surface area contributed by atoms with Crippen LogP contribution in [0.25, 0.3) is 0 Å². The van der Waals surface area contributed by atoms with E-state index in [1.165, 1.54) is 12.8 Å². The third-order valence-corrected chi connectivity index (χ3v) is 2.94. The van der Waals surface area contributed by atoms with Gasteiger partial charge >= 0.3 is 0 Å². The van der Waals surface area contributed by atoms with Gasteiger partial charge in [-0.25, -0.2) is 0 Å². The van der Waals surface area contributed by atoms with Crippen LogP contribution >= 0.6 is 0 Å². The molecule has 0 bridgehead atoms. The van der Waals surface area contributed by atoms with Gasteiger partial charge in [0, 0.05) is 24.7 Å². The highest BCUT2D eigenvalue weighted by molar-refractivity contribution is 6.00. The average Bonchev–Trinajstić information content (AvgIpc) is 2.81. The van der Waals surface area contributed by atoms with E-state index >= 15 is 0 Å². The zero-order chi connectivity index (χ0) is 11.5. The SMILES string of the molecule is COc1ccc(C(=N)N)c(N2CCCC2)c1. The Morgan fingerprint density at radius 1 is 1.38 bits per heavy atom. The van der Waals surface area contributed by atoms with Gasteiger partial charge in [0.2, 0.25) is 0 Å². The van der Waals surface area contributed by atoms with Gasteiger partial charge in [-0.3, -0.25) is 5.41 Å². The van der Waals surface area contributed by atoms with Gasteiger partial charge in [-0.05, 0) is 25.0 Å². The van der Waals surface area contributed by atoms with E-state index in [4.69, 9.17) is 15.9 Å². The minimum Gasteiger partial charge on any atom is -0.497 e. The summed E-state index contributed by atoms with van der Waals surface area (Å²) in [5, 5.41) is 7.58. The molecule has 3 N–H and O–H groups in total. The summed E-state index contributed by atoms with van der Waals surface area (Å²) < 4.78 is 5.21. The van der Waals surface area contributed by atoms with Crippen LogP contribution < -0.4 is 15.4 Å². The molecule has 16 heavy (non-hydrogen) atoms. The van der Waals surface area contributed by atoms with E-state index in [2.05, 4.69) is 4.90 Å². The summed E-state index contributed by atoms with van der Waals surface area (Å²) in [6, 6.07) is 5.66. The van der Waals surface area contributed by atoms with Crippen molar-refractivity contribution in [2.75, 3.05) is 25.1 Å². The molecule has 1 aromatic carbocycles. The number of amidine groups is 1. The summed E-state index contributed by atoms with van der Waals surface area (Å²) >= 11 is 0. The summed E-state index contributed by atoms with van der Waals surface area (Å²) in [6.45, 7) is 2.07. The minimum absolute atomic E-state index is 0.115. The van der Waals surface area contributed by atoms with E-state index < -0.39 is 0 Å². The Bertz CT molecular complexity index is 397. The van der Waals surface area contributed by atoms with Crippen molar-refractivity contribution >= 4 is 11.5 Å². The lowest BCUT2D eigenvalue weighted by molar-refractivity contribution is 0.415. The molecule has 0 amide bonds. The van der Waals surface area contributed by atoms with Crippen LogP contribution in [0.2, 0.25) is 0 Å². The van der Waals surface area contributed by atoms with E-state index in [0.717, 1.165) is 30.1 Å². The minimum atomic E-state index is 0.115. The zero-order valence-corrected chi connectivity index (χ0v) is 9.49. The highest BCUT2D eigenvalue weighted by atomic mass is 16.5. The van der Waals surface area contributed by atoms with Crippen LogP contribution in [0.5, 0.6) is 5.75 Å². The molecule has 2 rings (SSSR count). The Morgan fingerprint density at radius 3 is 2.62 bits per heavy atom. The van der Waals surface area contributed by atoms with Crippen molar-refractivity contribution in [3.8, 4) is 5.75 Å². The quantitative estimate of drug-likeness (QED) is 0.599. The molecule has 0 aromatic heterocycles. The maximum absolute atomic E-state index is 7.58. The van der Waals surface area contributed by atoms with Crippen molar-refractivity contribution < 1.29 is 4.74 Å². The first-order valence-corrected chi connectivity index (χ1v) is 5.50. The van der Waals surface area contributed by atoms with Crippen molar-refractivity contribution in [1.82, 2.24) is 0 Å². The van der Waals surface area contributed by atoms with E-state index in [0.29, 0.717) is 0 Å². The highest BCUT2D eigenvalue weighted by Crippen LogP contribution is 2.28. The van der Waals surface area contributed by atoms with E-state index in [1.807, 2.05) is 18.2 Å². The number of benzene rings is 1. The molecular weight excluding hydrogens is 202 g/mol. The Hall–Kier alpha value is -1.71. The molecule has 0 unspecified atom stereocenters. The molecule has 4 nitrogen and oxygen atoms in total. The maximum Gasteiger partial charge on any atom is 0.124 e. The second-order valence-corrected chi connectivity index (χ2v) is 3.99. The van der Waals surface area contributed by atoms with Crippen molar-refractivity contribution in [1.29, 1.82) is 5.41 Å². The Balaban J connectivity index is 2.40. The first kappa shape index (κ1) is 10.8. The predicted molar refractivity (Wildman–Crippen MR) is 65.5 cm³/mol. The van der Waals surface area contributed by atoms with Crippen molar-refractivity contribution in [3.63, 3.8) is 0 Å². The van der Waals surface area contributed by atoms with Crippen LogP contribution in [0.4, 0.5) is 5.69 Å². The van der Waals surface area contributed by atoms with Gasteiger partial charge in [0.05, 0.1) is 12.8 Å². The fourth-order valence-corrected chi connectivity index (χ4v) is 2.09. The van der Waals surface area contributed by atoms with E-state index in [-0.39, 0.29) is 5.84 Å². The Morgan fingerprint density at radius 2 is 2.06 bits per heavy atom. The van der Waals surface area contributed by atoms with Crippen molar-refractivity contribution in [2.24, 2.45) is 5.73 Å². The largest absolute Gasteiger partial charge is 0.497 e. The predicted octanol–water partition coefficient (Wildman–Crippen LogP) is 1.58. The number of nitrogens with two attached hydrogens (primary N) is 1. The van der Waals surface area contributed by atoms with Crippen LogP contribution in [0.3, 0.4) is 0 Å². The Labute approximate surface area is 95.5 Å². The molecule has 1 heterocycles. The summed E-state index contributed by atoms with van der Waals surface area (Å²) in [7, 11) is 1.65. The van der Waals surface area contributed by atoms with Crippen LogP contribution in [0.15, 0.2) is 18.2 Å². The maximum atomic E-state index is 7.58. The van der Waals surface area contributed by atoms with Gasteiger partial charge in [-0.2, -0.15) is 0 Å². The van der Waals surface area contributed by atoms with E-state index in [9.17, 15) is 0 Å². The second kappa shape index (κ2) is 4.43. The summed E-state index contributed by atoms with van der Waals surface area (Å²) in [5.74, 6) is 0.927. The fraction of sp³-hybridized carbons (Fsp3) is 0.417. The van der Waals surface area contributed by atoms with Crippen molar-refractivity contribution in [2.45, 2.75) is 12.8 Å². The number of nitrogen functional groups attached to an aromatic ring is 1. The molecule has 0 aliphatic carbocycles. The molecule has 0 saturated carbocycles. The third kappa shape index (κ3) is 1.96. The number of hydrogen-bond acceptors (Lipinski definition) is 3. The van der Waals surface area contributed by atoms with Crippen LogP contribution in [0.1, 0.15) is 18.4 Å². The zero-order valence-electron chi connectivity index (χ0n) is 9.49. The molecule has 0 radical (unpaired) electrons. The number of rotatable bonds is 3. The van der Waals surface area contributed by atoms with Gasteiger partial charge in [0.1, 0.15) is 11.6 Å². The van der Waals surface area contributed by atoms with Crippen LogP contribution in [-0.4, -0.2) is 26.0 Å². The number of ether oxygens (including phenoxy) is 1. The number of nitrogens with one attached hydrogen (secondary N) is 1. The molecule has 1 aromatic rings. The van der Waals surface area contributed by atoms with Gasteiger partial charge < -0.3 is 15.4 Å². The summed E-state index contributed by atoms with van der Waals surface area (Å²) in [5.41, 5.74) is 7.40. The number of nitrogens with zero attached hydrogens (tertiary/aromatic N) is 1. The summed E-state index contributed by atoms with van der Waals surface area (Å²) in [4.78, 5) is 2.26. The smallest absolute Gasteiger partial charge is 0.124 e. The average molecular weight is 219 g/mol. The molecule has 4 heteroatoms. The van der Waals surface area contributed by atoms with Gasteiger partial charge in [0.25, 0.3) is 0 Å². The van der Waals surface area contributed by atoms with Gasteiger partial charge in [0.15, 0.2) is 0 Å². The lowest BCUT2D eigenvalue weighted by Crippen LogP contribution is -2.23. The molecule has 1 saturated heterocycles. The molecule has 1 aliphatic rings. The highest BCUT2D eigenvalue weighted by Gasteiger charge is 2.17. The number of methoxy groups -OCH3 is 1. The normalized spacial score (nSPS) is 15.2.